The molecule has 4 nitrogen and oxygen atoms in total. The van der Waals surface area contributed by atoms with Gasteiger partial charge in [-0.05, 0) is 57.7 Å². The molecule has 0 aromatic heterocycles. The van der Waals surface area contributed by atoms with Crippen molar-refractivity contribution < 1.29 is 4.79 Å². The van der Waals surface area contributed by atoms with Crippen LogP contribution in [0.1, 0.15) is 21.5 Å². The lowest BCUT2D eigenvalue weighted by molar-refractivity contribution is 0.100. The number of fused-ring (bicyclic) bond motifs is 1. The summed E-state index contributed by atoms with van der Waals surface area (Å²) in [6, 6.07) is 11.5. The molecule has 2 aromatic rings. The summed E-state index contributed by atoms with van der Waals surface area (Å²) in [5.74, 6) is -0.421. The van der Waals surface area contributed by atoms with Gasteiger partial charge in [-0.3, -0.25) is 4.79 Å². The van der Waals surface area contributed by atoms with E-state index >= 15 is 0 Å². The Morgan fingerprint density at radius 2 is 2.05 bits per heavy atom. The van der Waals surface area contributed by atoms with Gasteiger partial charge in [0, 0.05) is 28.8 Å². The van der Waals surface area contributed by atoms with Gasteiger partial charge in [0.1, 0.15) is 0 Å². The van der Waals surface area contributed by atoms with E-state index in [0.29, 0.717) is 5.56 Å². The first-order valence-corrected chi connectivity index (χ1v) is 7.56. The summed E-state index contributed by atoms with van der Waals surface area (Å²) >= 11 is 3.53. The maximum Gasteiger partial charge on any atom is 0.248 e. The number of carbonyl (C=O) groups is 1. The fourth-order valence-electron chi connectivity index (χ4n) is 2.73. The van der Waals surface area contributed by atoms with Crippen LogP contribution in [0.3, 0.4) is 0 Å². The second-order valence-corrected chi connectivity index (χ2v) is 6.04. The monoisotopic (exact) mass is 345 g/mol. The molecular weight excluding hydrogens is 330 g/mol. The summed E-state index contributed by atoms with van der Waals surface area (Å²) in [4.78, 5) is 13.5. The number of primary amides is 1. The van der Waals surface area contributed by atoms with Crippen LogP contribution in [0.4, 0.5) is 11.4 Å². The second kappa shape index (κ2) is 5.41. The molecule has 4 N–H and O–H groups in total. The largest absolute Gasteiger partial charge is 0.398 e. The predicted molar refractivity (Wildman–Crippen MR) is 88.3 cm³/mol. The van der Waals surface area contributed by atoms with E-state index in [4.69, 9.17) is 11.5 Å². The quantitative estimate of drug-likeness (QED) is 0.822. The topological polar surface area (TPSA) is 72.4 Å². The van der Waals surface area contributed by atoms with Crippen molar-refractivity contribution in [3.8, 4) is 0 Å². The number of nitrogen functional groups attached to an aromatic ring is 1. The number of carbonyl (C=O) groups excluding carboxylic acids is 1. The van der Waals surface area contributed by atoms with E-state index in [1.165, 1.54) is 11.1 Å². The van der Waals surface area contributed by atoms with Crippen LogP contribution in [-0.4, -0.2) is 12.5 Å². The van der Waals surface area contributed by atoms with E-state index in [-0.39, 0.29) is 0 Å². The molecule has 0 aliphatic carbocycles. The van der Waals surface area contributed by atoms with Gasteiger partial charge in [0.2, 0.25) is 5.91 Å². The van der Waals surface area contributed by atoms with Crippen molar-refractivity contribution in [1.82, 2.24) is 0 Å². The molecule has 0 saturated heterocycles. The van der Waals surface area contributed by atoms with Crippen molar-refractivity contribution in [2.75, 3.05) is 17.2 Å². The van der Waals surface area contributed by atoms with Crippen LogP contribution in [0, 0.1) is 0 Å². The molecule has 3 rings (SSSR count). The highest BCUT2D eigenvalue weighted by atomic mass is 79.9. The first-order chi connectivity index (χ1) is 10.1. The van der Waals surface area contributed by atoms with Crippen LogP contribution in [0.25, 0.3) is 0 Å². The molecule has 2 aromatic carbocycles. The van der Waals surface area contributed by atoms with Gasteiger partial charge in [0.05, 0.1) is 5.69 Å². The summed E-state index contributed by atoms with van der Waals surface area (Å²) < 4.78 is 0.872. The highest BCUT2D eigenvalue weighted by molar-refractivity contribution is 9.10. The fourth-order valence-corrected chi connectivity index (χ4v) is 3.36. The zero-order chi connectivity index (χ0) is 15.0. The number of hydrogen-bond acceptors (Lipinski definition) is 3. The minimum absolute atomic E-state index is 0.421. The fraction of sp³-hybridized carbons (Fsp3) is 0.188. The Labute approximate surface area is 131 Å². The van der Waals surface area contributed by atoms with Gasteiger partial charge >= 0.3 is 0 Å². The lowest BCUT2D eigenvalue weighted by atomic mass is 9.97. The van der Waals surface area contributed by atoms with Gasteiger partial charge < -0.3 is 16.4 Å². The highest BCUT2D eigenvalue weighted by Crippen LogP contribution is 2.33. The average molecular weight is 346 g/mol. The van der Waals surface area contributed by atoms with E-state index in [1.807, 2.05) is 18.2 Å². The first-order valence-electron chi connectivity index (χ1n) is 6.77. The van der Waals surface area contributed by atoms with E-state index in [1.54, 1.807) is 12.1 Å². The second-order valence-electron chi connectivity index (χ2n) is 5.19. The molecule has 108 valence electrons. The van der Waals surface area contributed by atoms with E-state index in [0.717, 1.165) is 35.4 Å². The molecule has 1 aliphatic heterocycles. The van der Waals surface area contributed by atoms with Gasteiger partial charge in [0.25, 0.3) is 0 Å². The molecule has 0 radical (unpaired) electrons. The van der Waals surface area contributed by atoms with Crippen molar-refractivity contribution in [2.24, 2.45) is 5.73 Å². The number of benzene rings is 2. The minimum Gasteiger partial charge on any atom is -0.398 e. The van der Waals surface area contributed by atoms with Crippen LogP contribution < -0.4 is 16.4 Å². The molecule has 0 spiro atoms. The molecule has 1 heterocycles. The number of rotatable bonds is 2. The third-order valence-electron chi connectivity index (χ3n) is 3.88. The van der Waals surface area contributed by atoms with Gasteiger partial charge in [-0.2, -0.15) is 0 Å². The molecule has 1 aliphatic rings. The number of nitrogens with two attached hydrogens (primary N) is 2. The number of amides is 1. The van der Waals surface area contributed by atoms with Crippen molar-refractivity contribution in [2.45, 2.75) is 13.0 Å². The number of halogens is 1. The molecule has 0 fully saturated rings. The minimum atomic E-state index is -0.421. The van der Waals surface area contributed by atoms with Crippen LogP contribution in [0.2, 0.25) is 0 Å². The summed E-state index contributed by atoms with van der Waals surface area (Å²) in [5, 5.41) is 0. The molecule has 0 unspecified atom stereocenters. The Kier molecular flexibility index (Phi) is 3.59. The van der Waals surface area contributed by atoms with Crippen LogP contribution >= 0.6 is 15.9 Å². The molecule has 1 amide bonds. The van der Waals surface area contributed by atoms with E-state index in [9.17, 15) is 4.79 Å². The highest BCUT2D eigenvalue weighted by Gasteiger charge is 2.20. The Bertz CT molecular complexity index is 715. The van der Waals surface area contributed by atoms with Crippen molar-refractivity contribution in [3.63, 3.8) is 0 Å². The van der Waals surface area contributed by atoms with E-state index in [2.05, 4.69) is 26.9 Å². The zero-order valence-electron chi connectivity index (χ0n) is 11.5. The van der Waals surface area contributed by atoms with Gasteiger partial charge in [0.15, 0.2) is 0 Å². The van der Waals surface area contributed by atoms with Gasteiger partial charge in [-0.25, -0.2) is 0 Å². The normalized spacial score (nSPS) is 13.9. The Balaban J connectivity index is 1.93. The molecular formula is C16H16BrN3O. The summed E-state index contributed by atoms with van der Waals surface area (Å²) in [5.41, 5.74) is 16.3. The first kappa shape index (κ1) is 13.9. The maximum absolute atomic E-state index is 11.2. The number of nitrogens with zero attached hydrogens (tertiary/aromatic N) is 1. The van der Waals surface area contributed by atoms with E-state index < -0.39 is 5.91 Å². The molecule has 0 atom stereocenters. The average Bonchev–Trinajstić information content (AvgIpc) is 2.47. The van der Waals surface area contributed by atoms with Crippen LogP contribution in [0.5, 0.6) is 0 Å². The zero-order valence-corrected chi connectivity index (χ0v) is 13.1. The lowest BCUT2D eigenvalue weighted by Gasteiger charge is -2.32. The third kappa shape index (κ3) is 2.61. The summed E-state index contributed by atoms with van der Waals surface area (Å²) in [6.45, 7) is 1.70. The summed E-state index contributed by atoms with van der Waals surface area (Å²) in [7, 11) is 0. The predicted octanol–water partition coefficient (Wildman–Crippen LogP) is 2.69. The van der Waals surface area contributed by atoms with Crippen LogP contribution in [0.15, 0.2) is 40.9 Å². The lowest BCUT2D eigenvalue weighted by Crippen LogP contribution is -2.31. The number of anilines is 2. The molecule has 0 bridgehead atoms. The van der Waals surface area contributed by atoms with Crippen LogP contribution in [-0.2, 0) is 13.0 Å². The molecule has 21 heavy (non-hydrogen) atoms. The molecule has 0 saturated carbocycles. The van der Waals surface area contributed by atoms with Gasteiger partial charge in [-0.1, -0.05) is 12.1 Å². The number of hydrogen-bond donors (Lipinski definition) is 2. The van der Waals surface area contributed by atoms with Crippen molar-refractivity contribution in [3.05, 3.63) is 57.6 Å². The smallest absolute Gasteiger partial charge is 0.248 e. The standard InChI is InChI=1S/C16H16BrN3O/c17-13-8-11(16(19)21)4-5-15(13)20-7-6-10-2-1-3-14(18)12(10)9-20/h1-5,8H,6-7,9,18H2,(H2,19,21). The Morgan fingerprint density at radius 1 is 1.24 bits per heavy atom. The van der Waals surface area contributed by atoms with Crippen molar-refractivity contribution in [1.29, 1.82) is 0 Å². The Morgan fingerprint density at radius 3 is 2.76 bits per heavy atom. The van der Waals surface area contributed by atoms with Crippen molar-refractivity contribution >= 4 is 33.2 Å². The molecule has 5 heteroatoms. The third-order valence-corrected chi connectivity index (χ3v) is 4.52. The van der Waals surface area contributed by atoms with Gasteiger partial charge in [-0.15, -0.1) is 0 Å². The SMILES string of the molecule is NC(=O)c1ccc(N2CCc3cccc(N)c3C2)c(Br)c1. The summed E-state index contributed by atoms with van der Waals surface area (Å²) in [6.07, 6.45) is 0.963. The Hall–Kier alpha value is -2.01. The maximum atomic E-state index is 11.2.